The second-order valence-electron chi connectivity index (χ2n) is 5.68. The molecule has 0 aliphatic rings. The first kappa shape index (κ1) is 17.8. The fourth-order valence-electron chi connectivity index (χ4n) is 2.62. The van der Waals surface area contributed by atoms with Gasteiger partial charge in [0.1, 0.15) is 5.75 Å². The van der Waals surface area contributed by atoms with Crippen molar-refractivity contribution in [3.63, 3.8) is 0 Å². The molecular formula is C21H17ClO4. The lowest BCUT2D eigenvalue weighted by Gasteiger charge is -2.06. The first-order chi connectivity index (χ1) is 12.5. The fraction of sp³-hybridized carbons (Fsp3) is 0.0952. The van der Waals surface area contributed by atoms with Crippen LogP contribution in [-0.4, -0.2) is 25.1 Å². The monoisotopic (exact) mass is 368 g/mol. The molecule has 0 aliphatic carbocycles. The molecule has 5 heteroatoms. The highest BCUT2D eigenvalue weighted by atomic mass is 35.5. The second kappa shape index (κ2) is 7.50. The third-order valence-electron chi connectivity index (χ3n) is 4.03. The van der Waals surface area contributed by atoms with Crippen molar-refractivity contribution in [2.24, 2.45) is 0 Å². The molecule has 0 amide bonds. The van der Waals surface area contributed by atoms with Crippen LogP contribution in [0.5, 0.6) is 17.2 Å². The maximum atomic E-state index is 12.5. The summed E-state index contributed by atoms with van der Waals surface area (Å²) in [6.45, 7) is 0. The number of halogens is 1. The lowest BCUT2D eigenvalue weighted by atomic mass is 10.0. The van der Waals surface area contributed by atoms with Crippen LogP contribution in [0.3, 0.4) is 0 Å². The molecule has 0 atom stereocenters. The van der Waals surface area contributed by atoms with Gasteiger partial charge in [0, 0.05) is 5.56 Å². The number of carbonyl (C=O) groups is 1. The zero-order valence-electron chi connectivity index (χ0n) is 14.3. The third kappa shape index (κ3) is 3.65. The maximum absolute atomic E-state index is 12.5. The van der Waals surface area contributed by atoms with Gasteiger partial charge in [-0.25, -0.2) is 0 Å². The summed E-state index contributed by atoms with van der Waals surface area (Å²) in [6.07, 6.45) is 3.10. The van der Waals surface area contributed by atoms with Crippen LogP contribution in [0.4, 0.5) is 0 Å². The average molecular weight is 369 g/mol. The Morgan fingerprint density at radius 1 is 1.00 bits per heavy atom. The Labute approximate surface area is 156 Å². The quantitative estimate of drug-likeness (QED) is 0.502. The summed E-state index contributed by atoms with van der Waals surface area (Å²) < 4.78 is 10.3. The van der Waals surface area contributed by atoms with E-state index in [-0.39, 0.29) is 22.3 Å². The highest BCUT2D eigenvalue weighted by Crippen LogP contribution is 2.35. The van der Waals surface area contributed by atoms with Gasteiger partial charge in [-0.05, 0) is 52.7 Å². The molecule has 3 rings (SSSR count). The van der Waals surface area contributed by atoms with Gasteiger partial charge in [-0.2, -0.15) is 0 Å². The predicted octanol–water partition coefficient (Wildman–Crippen LogP) is 5.11. The van der Waals surface area contributed by atoms with E-state index < -0.39 is 0 Å². The molecule has 0 saturated heterocycles. The van der Waals surface area contributed by atoms with Gasteiger partial charge in [0.2, 0.25) is 0 Å². The van der Waals surface area contributed by atoms with Crippen LogP contribution in [-0.2, 0) is 0 Å². The van der Waals surface area contributed by atoms with Crippen molar-refractivity contribution in [2.45, 2.75) is 0 Å². The number of carbonyl (C=O) groups excluding carboxylic acids is 1. The molecule has 132 valence electrons. The normalized spacial score (nSPS) is 11.0. The van der Waals surface area contributed by atoms with E-state index in [9.17, 15) is 9.90 Å². The molecule has 0 unspecified atom stereocenters. The van der Waals surface area contributed by atoms with Crippen molar-refractivity contribution >= 4 is 34.2 Å². The van der Waals surface area contributed by atoms with E-state index in [1.54, 1.807) is 31.4 Å². The molecule has 0 spiro atoms. The summed E-state index contributed by atoms with van der Waals surface area (Å²) in [5.74, 6) is 0.771. The Kier molecular flexibility index (Phi) is 5.14. The summed E-state index contributed by atoms with van der Waals surface area (Å²) in [6, 6.07) is 14.4. The number of benzene rings is 3. The maximum Gasteiger partial charge on any atom is 0.185 e. The Morgan fingerprint density at radius 3 is 2.46 bits per heavy atom. The summed E-state index contributed by atoms with van der Waals surface area (Å²) in [7, 11) is 3.06. The molecule has 0 bridgehead atoms. The van der Waals surface area contributed by atoms with Crippen molar-refractivity contribution in [3.8, 4) is 17.2 Å². The molecule has 0 aromatic heterocycles. The van der Waals surface area contributed by atoms with Gasteiger partial charge in [0.25, 0.3) is 0 Å². The lowest BCUT2D eigenvalue weighted by Crippen LogP contribution is -1.94. The van der Waals surface area contributed by atoms with E-state index in [0.717, 1.165) is 16.5 Å². The fourth-order valence-corrected chi connectivity index (χ4v) is 2.84. The largest absolute Gasteiger partial charge is 0.503 e. The van der Waals surface area contributed by atoms with E-state index in [1.807, 2.05) is 30.3 Å². The van der Waals surface area contributed by atoms with Crippen molar-refractivity contribution in [3.05, 3.63) is 70.8 Å². The van der Waals surface area contributed by atoms with Gasteiger partial charge < -0.3 is 14.6 Å². The molecule has 0 aliphatic heterocycles. The van der Waals surface area contributed by atoms with Crippen molar-refractivity contribution in [1.29, 1.82) is 0 Å². The van der Waals surface area contributed by atoms with E-state index in [2.05, 4.69) is 0 Å². The zero-order chi connectivity index (χ0) is 18.7. The molecule has 0 heterocycles. The number of phenolic OH excluding ortho intramolecular Hbond substituents is 1. The molecule has 0 radical (unpaired) electrons. The van der Waals surface area contributed by atoms with E-state index in [0.29, 0.717) is 11.1 Å². The number of rotatable bonds is 5. The molecule has 3 aromatic rings. The summed E-state index contributed by atoms with van der Waals surface area (Å²) >= 11 is 5.96. The minimum Gasteiger partial charge on any atom is -0.503 e. The molecule has 3 aromatic carbocycles. The van der Waals surface area contributed by atoms with E-state index >= 15 is 0 Å². The van der Waals surface area contributed by atoms with Crippen molar-refractivity contribution in [1.82, 2.24) is 0 Å². The number of phenols is 1. The molecule has 26 heavy (non-hydrogen) atoms. The number of hydrogen-bond donors (Lipinski definition) is 1. The van der Waals surface area contributed by atoms with Gasteiger partial charge in [-0.15, -0.1) is 0 Å². The minimum atomic E-state index is -0.133. The van der Waals surface area contributed by atoms with E-state index in [4.69, 9.17) is 21.1 Å². The summed E-state index contributed by atoms with van der Waals surface area (Å²) in [5, 5.41) is 11.9. The Balaban J connectivity index is 1.87. The van der Waals surface area contributed by atoms with Crippen LogP contribution >= 0.6 is 11.6 Å². The topological polar surface area (TPSA) is 55.8 Å². The molecule has 4 nitrogen and oxygen atoms in total. The second-order valence-corrected chi connectivity index (χ2v) is 6.09. The lowest BCUT2D eigenvalue weighted by molar-refractivity contribution is 0.104. The average Bonchev–Trinajstić information content (AvgIpc) is 2.67. The number of aromatic hydroxyl groups is 1. The number of allylic oxidation sites excluding steroid dienone is 1. The van der Waals surface area contributed by atoms with Crippen LogP contribution in [0, 0.1) is 0 Å². The number of hydrogen-bond acceptors (Lipinski definition) is 4. The number of methoxy groups -OCH3 is 2. The molecule has 1 N–H and O–H groups in total. The summed E-state index contributed by atoms with van der Waals surface area (Å²) in [5.41, 5.74) is 1.24. The Hall–Kier alpha value is -2.98. The Bertz CT molecular complexity index is 1010. The van der Waals surface area contributed by atoms with Crippen LogP contribution < -0.4 is 9.47 Å². The van der Waals surface area contributed by atoms with Gasteiger partial charge in [-0.3, -0.25) is 4.79 Å². The highest BCUT2D eigenvalue weighted by Gasteiger charge is 2.08. The molecular weight excluding hydrogens is 352 g/mol. The first-order valence-corrected chi connectivity index (χ1v) is 8.26. The SMILES string of the molecule is COc1ccc2cc(C(=O)C=Cc3cc(Cl)c(O)c(OC)c3)ccc2c1. The van der Waals surface area contributed by atoms with Crippen LogP contribution in [0.25, 0.3) is 16.8 Å². The molecule has 0 saturated carbocycles. The Morgan fingerprint density at radius 2 is 1.73 bits per heavy atom. The molecule has 0 fully saturated rings. The van der Waals surface area contributed by atoms with Crippen LogP contribution in [0.1, 0.15) is 15.9 Å². The standard InChI is InChI=1S/C21H17ClO4/c1-25-17-7-6-14-11-16(5-4-15(14)12-17)19(23)8-3-13-9-18(22)21(24)20(10-13)26-2/h3-12,24H,1-2H3. The number of fused-ring (bicyclic) bond motifs is 1. The minimum absolute atomic E-state index is 0.123. The van der Waals surface area contributed by atoms with Crippen molar-refractivity contribution in [2.75, 3.05) is 14.2 Å². The van der Waals surface area contributed by atoms with Gasteiger partial charge in [0.15, 0.2) is 17.3 Å². The smallest absolute Gasteiger partial charge is 0.185 e. The highest BCUT2D eigenvalue weighted by molar-refractivity contribution is 6.32. The number of ketones is 1. The van der Waals surface area contributed by atoms with Crippen LogP contribution in [0.15, 0.2) is 54.6 Å². The van der Waals surface area contributed by atoms with Gasteiger partial charge >= 0.3 is 0 Å². The third-order valence-corrected chi connectivity index (χ3v) is 4.32. The van der Waals surface area contributed by atoms with Crippen LogP contribution in [0.2, 0.25) is 5.02 Å². The van der Waals surface area contributed by atoms with Gasteiger partial charge in [0.05, 0.1) is 19.2 Å². The van der Waals surface area contributed by atoms with Gasteiger partial charge in [-0.1, -0.05) is 35.9 Å². The van der Waals surface area contributed by atoms with E-state index in [1.165, 1.54) is 13.2 Å². The first-order valence-electron chi connectivity index (χ1n) is 7.88. The zero-order valence-corrected chi connectivity index (χ0v) is 15.1. The van der Waals surface area contributed by atoms with Crippen molar-refractivity contribution < 1.29 is 19.4 Å². The summed E-state index contributed by atoms with van der Waals surface area (Å²) in [4.78, 5) is 12.5. The predicted molar refractivity (Wildman–Crippen MR) is 104 cm³/mol. The number of ether oxygens (including phenoxy) is 2.